The number of rotatable bonds is 4. The Kier molecular flexibility index (Phi) is 6.90. The predicted octanol–water partition coefficient (Wildman–Crippen LogP) is 3.43. The molecule has 0 aromatic heterocycles. The summed E-state index contributed by atoms with van der Waals surface area (Å²) in [5.74, 6) is 0. The molecule has 0 aliphatic carbocycles. The smallest absolute Gasteiger partial charge is 0.314 e. The summed E-state index contributed by atoms with van der Waals surface area (Å²) in [6, 6.07) is 4.97. The standard InChI is InChI=1S/C14H18F4N2.ClH/c15-6-5-13(20-9-7-19-8-10-20)11-3-1-2-4-12(11)14(16,17)18;/h1-4,13,19H,5-10H2;1H/t13-;/m0./s1. The van der Waals surface area contributed by atoms with Gasteiger partial charge >= 0.3 is 6.18 Å². The molecule has 0 radical (unpaired) electrons. The normalized spacial score (nSPS) is 18.1. The van der Waals surface area contributed by atoms with Gasteiger partial charge < -0.3 is 5.32 Å². The molecule has 7 heteroatoms. The Balaban J connectivity index is 0.00000220. The highest BCUT2D eigenvalue weighted by Crippen LogP contribution is 2.37. The van der Waals surface area contributed by atoms with Crippen molar-refractivity contribution in [2.45, 2.75) is 18.6 Å². The first kappa shape index (κ1) is 18.2. The van der Waals surface area contributed by atoms with E-state index in [9.17, 15) is 17.6 Å². The number of hydrogen-bond donors (Lipinski definition) is 1. The second-order valence-corrected chi connectivity index (χ2v) is 4.86. The lowest BCUT2D eigenvalue weighted by molar-refractivity contribution is -0.138. The molecule has 1 saturated heterocycles. The average Bonchev–Trinajstić information content (AvgIpc) is 2.45. The van der Waals surface area contributed by atoms with Crippen LogP contribution in [-0.4, -0.2) is 37.8 Å². The Labute approximate surface area is 127 Å². The van der Waals surface area contributed by atoms with Crippen molar-refractivity contribution in [1.29, 1.82) is 0 Å². The van der Waals surface area contributed by atoms with Crippen LogP contribution in [0.2, 0.25) is 0 Å². The fourth-order valence-corrected chi connectivity index (χ4v) is 2.68. The zero-order chi connectivity index (χ0) is 14.6. The van der Waals surface area contributed by atoms with E-state index in [1.54, 1.807) is 6.07 Å². The van der Waals surface area contributed by atoms with Crippen LogP contribution >= 0.6 is 12.4 Å². The highest BCUT2D eigenvalue weighted by atomic mass is 35.5. The lowest BCUT2D eigenvalue weighted by atomic mass is 9.96. The first-order valence-electron chi connectivity index (χ1n) is 6.71. The number of halogens is 5. The predicted molar refractivity (Wildman–Crippen MR) is 76.5 cm³/mol. The third-order valence-electron chi connectivity index (χ3n) is 3.60. The molecular weight excluding hydrogens is 308 g/mol. The molecule has 2 rings (SSSR count). The maximum Gasteiger partial charge on any atom is 0.416 e. The van der Waals surface area contributed by atoms with Crippen LogP contribution in [0.5, 0.6) is 0 Å². The monoisotopic (exact) mass is 326 g/mol. The van der Waals surface area contributed by atoms with Crippen molar-refractivity contribution < 1.29 is 17.6 Å². The number of hydrogen-bond acceptors (Lipinski definition) is 2. The Morgan fingerprint density at radius 1 is 1.14 bits per heavy atom. The van der Waals surface area contributed by atoms with Gasteiger partial charge in [-0.2, -0.15) is 13.2 Å². The van der Waals surface area contributed by atoms with E-state index < -0.39 is 24.5 Å². The zero-order valence-corrected chi connectivity index (χ0v) is 12.3. The second-order valence-electron chi connectivity index (χ2n) is 4.86. The minimum atomic E-state index is -4.40. The van der Waals surface area contributed by atoms with Crippen molar-refractivity contribution in [2.75, 3.05) is 32.9 Å². The Morgan fingerprint density at radius 3 is 2.33 bits per heavy atom. The third kappa shape index (κ3) is 4.56. The molecule has 1 atom stereocenters. The Hall–Kier alpha value is -0.850. The quantitative estimate of drug-likeness (QED) is 0.853. The minimum absolute atomic E-state index is 0. The van der Waals surface area contributed by atoms with Crippen LogP contribution < -0.4 is 5.32 Å². The van der Waals surface area contributed by atoms with Crippen LogP contribution in [0.4, 0.5) is 17.6 Å². The van der Waals surface area contributed by atoms with Gasteiger partial charge in [0, 0.05) is 32.2 Å². The fourth-order valence-electron chi connectivity index (χ4n) is 2.68. The first-order valence-corrected chi connectivity index (χ1v) is 6.71. The van der Waals surface area contributed by atoms with Crippen molar-refractivity contribution in [3.63, 3.8) is 0 Å². The Morgan fingerprint density at radius 2 is 1.76 bits per heavy atom. The summed E-state index contributed by atoms with van der Waals surface area (Å²) in [5, 5.41) is 3.15. The Bertz CT molecular complexity index is 433. The molecule has 2 nitrogen and oxygen atoms in total. The topological polar surface area (TPSA) is 15.3 Å². The maximum absolute atomic E-state index is 13.1. The van der Waals surface area contributed by atoms with Gasteiger partial charge in [-0.1, -0.05) is 18.2 Å². The molecule has 1 fully saturated rings. The number of nitrogens with zero attached hydrogens (tertiary/aromatic N) is 1. The molecule has 1 aliphatic heterocycles. The number of benzene rings is 1. The van der Waals surface area contributed by atoms with Crippen LogP contribution in [0.3, 0.4) is 0 Å². The van der Waals surface area contributed by atoms with E-state index in [1.165, 1.54) is 12.1 Å². The largest absolute Gasteiger partial charge is 0.416 e. The van der Waals surface area contributed by atoms with Crippen molar-refractivity contribution in [3.05, 3.63) is 35.4 Å². The van der Waals surface area contributed by atoms with Gasteiger partial charge in [0.1, 0.15) is 0 Å². The van der Waals surface area contributed by atoms with E-state index >= 15 is 0 Å². The molecule has 0 amide bonds. The van der Waals surface area contributed by atoms with Crippen molar-refractivity contribution in [1.82, 2.24) is 10.2 Å². The van der Waals surface area contributed by atoms with Crippen LogP contribution in [0.1, 0.15) is 23.6 Å². The molecular formula is C14H19ClF4N2. The highest BCUT2D eigenvalue weighted by Gasteiger charge is 2.36. The summed E-state index contributed by atoms with van der Waals surface area (Å²) in [7, 11) is 0. The van der Waals surface area contributed by atoms with E-state index in [0.29, 0.717) is 13.1 Å². The zero-order valence-electron chi connectivity index (χ0n) is 11.5. The summed E-state index contributed by atoms with van der Waals surface area (Å²) in [6.45, 7) is 2.09. The van der Waals surface area contributed by atoms with Gasteiger partial charge in [0.05, 0.1) is 12.2 Å². The number of alkyl halides is 4. The molecule has 0 unspecified atom stereocenters. The molecule has 0 saturated carbocycles. The van der Waals surface area contributed by atoms with E-state index in [2.05, 4.69) is 5.32 Å². The molecule has 1 aromatic carbocycles. The summed E-state index contributed by atoms with van der Waals surface area (Å²) in [4.78, 5) is 1.93. The van der Waals surface area contributed by atoms with Gasteiger partial charge in [-0.25, -0.2) is 0 Å². The van der Waals surface area contributed by atoms with Crippen LogP contribution in [0, 0.1) is 0 Å². The molecule has 1 aromatic rings. The van der Waals surface area contributed by atoms with Gasteiger partial charge in [0.25, 0.3) is 0 Å². The van der Waals surface area contributed by atoms with Crippen molar-refractivity contribution in [3.8, 4) is 0 Å². The fraction of sp³-hybridized carbons (Fsp3) is 0.571. The van der Waals surface area contributed by atoms with Gasteiger partial charge in [0.15, 0.2) is 0 Å². The molecule has 21 heavy (non-hydrogen) atoms. The molecule has 1 N–H and O–H groups in total. The lowest BCUT2D eigenvalue weighted by Gasteiger charge is -2.36. The summed E-state index contributed by atoms with van der Waals surface area (Å²) >= 11 is 0. The van der Waals surface area contributed by atoms with Gasteiger partial charge in [-0.3, -0.25) is 9.29 Å². The van der Waals surface area contributed by atoms with Crippen LogP contribution in [0.25, 0.3) is 0 Å². The van der Waals surface area contributed by atoms with Gasteiger partial charge in [0.2, 0.25) is 0 Å². The van der Waals surface area contributed by atoms with Crippen LogP contribution in [0.15, 0.2) is 24.3 Å². The SMILES string of the molecule is Cl.FCC[C@@H](c1ccccc1C(F)(F)F)N1CCNCC1. The minimum Gasteiger partial charge on any atom is -0.314 e. The van der Waals surface area contributed by atoms with E-state index in [-0.39, 0.29) is 24.4 Å². The van der Waals surface area contributed by atoms with Crippen LogP contribution in [-0.2, 0) is 6.18 Å². The van der Waals surface area contributed by atoms with Crippen molar-refractivity contribution >= 4 is 12.4 Å². The molecule has 0 spiro atoms. The maximum atomic E-state index is 13.1. The number of nitrogens with one attached hydrogen (secondary N) is 1. The summed E-state index contributed by atoms with van der Waals surface area (Å²) in [6.07, 6.45) is -4.31. The first-order chi connectivity index (χ1) is 9.54. The second kappa shape index (κ2) is 7.96. The molecule has 1 aliphatic rings. The average molecular weight is 327 g/mol. The van der Waals surface area contributed by atoms with E-state index in [0.717, 1.165) is 19.2 Å². The molecule has 1 heterocycles. The molecule has 120 valence electrons. The highest BCUT2D eigenvalue weighted by molar-refractivity contribution is 5.85. The van der Waals surface area contributed by atoms with Gasteiger partial charge in [-0.05, 0) is 18.1 Å². The van der Waals surface area contributed by atoms with Crippen molar-refractivity contribution in [2.24, 2.45) is 0 Å². The number of piperazine rings is 1. The summed E-state index contributed by atoms with van der Waals surface area (Å²) < 4.78 is 52.1. The summed E-state index contributed by atoms with van der Waals surface area (Å²) in [5.41, 5.74) is -0.475. The van der Waals surface area contributed by atoms with E-state index in [4.69, 9.17) is 0 Å². The van der Waals surface area contributed by atoms with E-state index in [1.807, 2.05) is 4.90 Å². The third-order valence-corrected chi connectivity index (χ3v) is 3.60. The lowest BCUT2D eigenvalue weighted by Crippen LogP contribution is -2.45. The molecule has 0 bridgehead atoms. The van der Waals surface area contributed by atoms with Gasteiger partial charge in [-0.15, -0.1) is 12.4 Å².